The molecule has 128 valence electrons. The highest BCUT2D eigenvalue weighted by Crippen LogP contribution is 2.43. The average molecular weight is 370 g/mol. The molecule has 1 saturated carbocycles. The number of anilines is 1. The summed E-state index contributed by atoms with van der Waals surface area (Å²) in [5.41, 5.74) is 3.49. The van der Waals surface area contributed by atoms with Gasteiger partial charge in [-0.15, -0.1) is 11.3 Å². The highest BCUT2D eigenvalue weighted by Gasteiger charge is 2.27. The van der Waals surface area contributed by atoms with Crippen molar-refractivity contribution in [3.63, 3.8) is 0 Å². The second-order valence-corrected chi connectivity index (χ2v) is 9.00. The Labute approximate surface area is 151 Å². The molecule has 1 aliphatic rings. The van der Waals surface area contributed by atoms with Crippen molar-refractivity contribution in [2.75, 3.05) is 4.72 Å². The lowest BCUT2D eigenvalue weighted by Crippen LogP contribution is -2.08. The molecule has 0 unspecified atom stereocenters. The Balaban J connectivity index is 1.53. The zero-order valence-corrected chi connectivity index (χ0v) is 15.4. The fourth-order valence-corrected chi connectivity index (χ4v) is 4.59. The van der Waals surface area contributed by atoms with Crippen LogP contribution in [0.1, 0.15) is 34.9 Å². The van der Waals surface area contributed by atoms with Gasteiger partial charge in [0.05, 0.1) is 26.3 Å². The van der Waals surface area contributed by atoms with Gasteiger partial charge < -0.3 is 0 Å². The maximum atomic E-state index is 12.3. The summed E-state index contributed by atoms with van der Waals surface area (Å²) in [7, 11) is -3.56. The van der Waals surface area contributed by atoms with E-state index in [0.717, 1.165) is 26.4 Å². The summed E-state index contributed by atoms with van der Waals surface area (Å²) < 4.78 is 28.2. The van der Waals surface area contributed by atoms with E-state index in [-0.39, 0.29) is 0 Å². The maximum Gasteiger partial charge on any atom is 0.255 e. The van der Waals surface area contributed by atoms with Crippen molar-refractivity contribution < 1.29 is 8.42 Å². The van der Waals surface area contributed by atoms with E-state index in [0.29, 0.717) is 11.6 Å². The Bertz CT molecular complexity index is 1050. The molecule has 0 bridgehead atoms. The molecule has 6 heteroatoms. The van der Waals surface area contributed by atoms with Gasteiger partial charge in [0.2, 0.25) is 0 Å². The maximum absolute atomic E-state index is 12.3. The van der Waals surface area contributed by atoms with E-state index in [2.05, 4.69) is 9.71 Å². The number of hydrogen-bond donors (Lipinski definition) is 1. The summed E-state index contributed by atoms with van der Waals surface area (Å²) >= 11 is 1.66. The molecule has 0 atom stereocenters. The Morgan fingerprint density at radius 3 is 2.64 bits per heavy atom. The second kappa shape index (κ2) is 6.28. The second-order valence-electron chi connectivity index (χ2n) is 6.37. The van der Waals surface area contributed by atoms with Crippen LogP contribution in [0.3, 0.4) is 0 Å². The van der Waals surface area contributed by atoms with Crippen LogP contribution in [0.5, 0.6) is 0 Å². The number of sulfonamides is 1. The summed E-state index contributed by atoms with van der Waals surface area (Å²) in [6.07, 6.45) is 4.02. The van der Waals surface area contributed by atoms with Gasteiger partial charge in [0.1, 0.15) is 0 Å². The molecule has 1 fully saturated rings. The lowest BCUT2D eigenvalue weighted by molar-refractivity contribution is 0.609. The summed E-state index contributed by atoms with van der Waals surface area (Å²) in [5.74, 6) is 0.606. The number of aryl methyl sites for hydroxylation is 1. The molecule has 0 radical (unpaired) electrons. The van der Waals surface area contributed by atoms with Crippen LogP contribution in [-0.2, 0) is 10.0 Å². The Hall–Kier alpha value is -2.18. The molecule has 1 aliphatic carbocycles. The summed E-state index contributed by atoms with van der Waals surface area (Å²) in [4.78, 5) is 4.62. The fraction of sp³-hybridized carbons (Fsp3) is 0.211. The van der Waals surface area contributed by atoms with Gasteiger partial charge in [0.25, 0.3) is 10.0 Å². The molecule has 1 aromatic heterocycles. The number of nitrogens with one attached hydrogen (secondary N) is 1. The van der Waals surface area contributed by atoms with Crippen LogP contribution in [0.2, 0.25) is 0 Å². The van der Waals surface area contributed by atoms with Gasteiger partial charge in [-0.2, -0.15) is 0 Å². The molecule has 25 heavy (non-hydrogen) atoms. The Kier molecular flexibility index (Phi) is 4.09. The third-order valence-corrected chi connectivity index (χ3v) is 6.30. The quantitative estimate of drug-likeness (QED) is 0.695. The summed E-state index contributed by atoms with van der Waals surface area (Å²) in [5, 5.41) is 2.36. The third kappa shape index (κ3) is 3.91. The highest BCUT2D eigenvalue weighted by molar-refractivity contribution is 7.95. The van der Waals surface area contributed by atoms with E-state index in [1.165, 1.54) is 18.2 Å². The minimum atomic E-state index is -3.56. The van der Waals surface area contributed by atoms with E-state index in [9.17, 15) is 8.42 Å². The average Bonchev–Trinajstić information content (AvgIpc) is 3.34. The number of fused-ring (bicyclic) bond motifs is 1. The monoisotopic (exact) mass is 370 g/mol. The standard InChI is InChI=1S/C19H18N2O2S2/c1-13-2-4-14(5-3-13)10-11-25(22,23)21-16-8-9-17-18(12-16)24-19(20-17)15-6-7-15/h2-5,8-12,15,21H,6-7H2,1H3. The Morgan fingerprint density at radius 2 is 1.92 bits per heavy atom. The molecule has 3 aromatic rings. The summed E-state index contributed by atoms with van der Waals surface area (Å²) in [6, 6.07) is 13.2. The zero-order chi connectivity index (χ0) is 17.4. The van der Waals surface area contributed by atoms with E-state index in [1.54, 1.807) is 23.5 Å². The lowest BCUT2D eigenvalue weighted by Gasteiger charge is -2.04. The molecule has 2 aromatic carbocycles. The number of rotatable bonds is 5. The number of hydrogen-bond acceptors (Lipinski definition) is 4. The van der Waals surface area contributed by atoms with E-state index in [4.69, 9.17) is 0 Å². The van der Waals surface area contributed by atoms with Crippen LogP contribution in [0, 0.1) is 6.92 Å². The largest absolute Gasteiger partial charge is 0.280 e. The smallest absolute Gasteiger partial charge is 0.255 e. The van der Waals surface area contributed by atoms with E-state index >= 15 is 0 Å². The minimum Gasteiger partial charge on any atom is -0.280 e. The van der Waals surface area contributed by atoms with Crippen molar-refractivity contribution in [1.29, 1.82) is 0 Å². The molecule has 0 amide bonds. The molecule has 0 saturated heterocycles. The Morgan fingerprint density at radius 1 is 1.16 bits per heavy atom. The first kappa shape index (κ1) is 16.3. The molecule has 0 aliphatic heterocycles. The van der Waals surface area contributed by atoms with Crippen molar-refractivity contribution in [3.8, 4) is 0 Å². The van der Waals surface area contributed by atoms with Crippen LogP contribution in [0.4, 0.5) is 5.69 Å². The van der Waals surface area contributed by atoms with Gasteiger partial charge in [-0.3, -0.25) is 4.72 Å². The molecule has 0 spiro atoms. The molecule has 4 rings (SSSR count). The van der Waals surface area contributed by atoms with Crippen LogP contribution >= 0.6 is 11.3 Å². The van der Waals surface area contributed by atoms with Crippen LogP contribution in [0.15, 0.2) is 47.9 Å². The number of benzene rings is 2. The van der Waals surface area contributed by atoms with Gasteiger partial charge in [-0.1, -0.05) is 29.8 Å². The van der Waals surface area contributed by atoms with Gasteiger partial charge in [0.15, 0.2) is 0 Å². The molecular weight excluding hydrogens is 352 g/mol. The molecule has 4 nitrogen and oxygen atoms in total. The van der Waals surface area contributed by atoms with Crippen molar-refractivity contribution in [1.82, 2.24) is 4.98 Å². The SMILES string of the molecule is Cc1ccc(C=CS(=O)(=O)Nc2ccc3nc(C4CC4)sc3c2)cc1. The zero-order valence-electron chi connectivity index (χ0n) is 13.8. The predicted molar refractivity (Wildman–Crippen MR) is 104 cm³/mol. The number of thiazole rings is 1. The van der Waals surface area contributed by atoms with Crippen molar-refractivity contribution in [2.45, 2.75) is 25.7 Å². The van der Waals surface area contributed by atoms with Crippen molar-refractivity contribution in [2.24, 2.45) is 0 Å². The lowest BCUT2D eigenvalue weighted by atomic mass is 10.2. The first-order valence-electron chi connectivity index (χ1n) is 8.17. The van der Waals surface area contributed by atoms with Crippen LogP contribution < -0.4 is 4.72 Å². The van der Waals surface area contributed by atoms with E-state index in [1.807, 2.05) is 43.3 Å². The normalized spacial score (nSPS) is 15.1. The summed E-state index contributed by atoms with van der Waals surface area (Å²) in [6.45, 7) is 2.00. The molecular formula is C19H18N2O2S2. The van der Waals surface area contributed by atoms with Crippen LogP contribution in [-0.4, -0.2) is 13.4 Å². The van der Waals surface area contributed by atoms with Crippen molar-refractivity contribution >= 4 is 43.3 Å². The fourth-order valence-electron chi connectivity index (χ4n) is 2.55. The number of aromatic nitrogens is 1. The first-order valence-corrected chi connectivity index (χ1v) is 10.5. The van der Waals surface area contributed by atoms with E-state index < -0.39 is 10.0 Å². The third-order valence-electron chi connectivity index (χ3n) is 4.11. The topological polar surface area (TPSA) is 59.1 Å². The minimum absolute atomic E-state index is 0.562. The van der Waals surface area contributed by atoms with Crippen molar-refractivity contribution in [3.05, 3.63) is 64.0 Å². The molecule has 1 N–H and O–H groups in total. The van der Waals surface area contributed by atoms with Crippen LogP contribution in [0.25, 0.3) is 16.3 Å². The van der Waals surface area contributed by atoms with Gasteiger partial charge in [-0.05, 0) is 49.6 Å². The predicted octanol–water partition coefficient (Wildman–Crippen LogP) is 4.89. The number of nitrogens with zero attached hydrogens (tertiary/aromatic N) is 1. The van der Waals surface area contributed by atoms with Gasteiger partial charge in [-0.25, -0.2) is 13.4 Å². The molecule has 1 heterocycles. The van der Waals surface area contributed by atoms with Gasteiger partial charge in [0, 0.05) is 5.92 Å². The highest BCUT2D eigenvalue weighted by atomic mass is 32.2. The van der Waals surface area contributed by atoms with Gasteiger partial charge >= 0.3 is 0 Å². The first-order chi connectivity index (χ1) is 12.0.